The molecule has 1 aromatic carbocycles. The van der Waals surface area contributed by atoms with Crippen molar-refractivity contribution in [3.05, 3.63) is 57.8 Å². The number of amides is 2. The van der Waals surface area contributed by atoms with Crippen LogP contribution in [0.2, 0.25) is 0 Å². The van der Waals surface area contributed by atoms with Crippen LogP contribution in [0, 0.1) is 17.0 Å². The molecule has 0 saturated carbocycles. The van der Waals surface area contributed by atoms with Crippen molar-refractivity contribution in [3.63, 3.8) is 0 Å². The summed E-state index contributed by atoms with van der Waals surface area (Å²) in [5.41, 5.74) is 1.64. The Hall–Kier alpha value is -3.69. The molecule has 0 aliphatic heterocycles. The third kappa shape index (κ3) is 5.40. The SMILES string of the molecule is Cc1ccc(NC(=O)CN(C)C(=O)[C@@H](C)OC(=O)c2ccc([N+](=O)[O-])o2)cc1. The zero-order chi connectivity index (χ0) is 20.8. The molecule has 0 radical (unpaired) electrons. The number of carbonyl (C=O) groups excluding carboxylic acids is 3. The van der Waals surface area contributed by atoms with Crippen LogP contribution in [0.5, 0.6) is 0 Å². The molecule has 0 saturated heterocycles. The molecule has 1 atom stereocenters. The van der Waals surface area contributed by atoms with Crippen molar-refractivity contribution in [3.8, 4) is 0 Å². The highest BCUT2D eigenvalue weighted by atomic mass is 16.7. The molecule has 0 unspecified atom stereocenters. The molecule has 10 nitrogen and oxygen atoms in total. The van der Waals surface area contributed by atoms with Crippen LogP contribution in [-0.2, 0) is 14.3 Å². The first-order valence-electron chi connectivity index (χ1n) is 8.24. The maximum absolute atomic E-state index is 12.3. The van der Waals surface area contributed by atoms with Gasteiger partial charge >= 0.3 is 11.9 Å². The largest absolute Gasteiger partial charge is 0.447 e. The molecule has 2 rings (SSSR count). The molecule has 28 heavy (non-hydrogen) atoms. The van der Waals surface area contributed by atoms with Gasteiger partial charge in [0.15, 0.2) is 6.10 Å². The number of benzene rings is 1. The fraction of sp³-hybridized carbons (Fsp3) is 0.278. The highest BCUT2D eigenvalue weighted by Crippen LogP contribution is 2.17. The van der Waals surface area contributed by atoms with Gasteiger partial charge in [0.2, 0.25) is 11.7 Å². The van der Waals surface area contributed by atoms with Gasteiger partial charge < -0.3 is 19.4 Å². The molecule has 0 aliphatic rings. The van der Waals surface area contributed by atoms with Crippen LogP contribution < -0.4 is 5.32 Å². The lowest BCUT2D eigenvalue weighted by Crippen LogP contribution is -2.41. The fourth-order valence-electron chi connectivity index (χ4n) is 2.25. The Morgan fingerprint density at radius 3 is 2.43 bits per heavy atom. The van der Waals surface area contributed by atoms with Crippen molar-refractivity contribution in [1.82, 2.24) is 4.90 Å². The Labute approximate surface area is 160 Å². The van der Waals surface area contributed by atoms with Gasteiger partial charge in [0.05, 0.1) is 12.6 Å². The minimum Gasteiger partial charge on any atom is -0.447 e. The molecule has 0 spiro atoms. The van der Waals surface area contributed by atoms with Crippen molar-refractivity contribution in [1.29, 1.82) is 0 Å². The van der Waals surface area contributed by atoms with Crippen molar-refractivity contribution >= 4 is 29.4 Å². The summed E-state index contributed by atoms with van der Waals surface area (Å²) in [5, 5.41) is 13.2. The van der Waals surface area contributed by atoms with E-state index in [1.807, 2.05) is 19.1 Å². The van der Waals surface area contributed by atoms with Crippen molar-refractivity contribution in [2.24, 2.45) is 0 Å². The standard InChI is InChI=1S/C18H19N3O7/c1-11-4-6-13(7-5-11)19-15(22)10-20(3)17(23)12(2)27-18(24)14-8-9-16(28-14)21(25)26/h4-9,12H,10H2,1-3H3,(H,19,22)/t12-/m1/s1. The van der Waals surface area contributed by atoms with Crippen molar-refractivity contribution in [2.75, 3.05) is 18.9 Å². The van der Waals surface area contributed by atoms with Crippen LogP contribution in [0.25, 0.3) is 0 Å². The Balaban J connectivity index is 1.88. The summed E-state index contributed by atoms with van der Waals surface area (Å²) < 4.78 is 9.67. The van der Waals surface area contributed by atoms with Crippen molar-refractivity contribution < 1.29 is 28.5 Å². The number of rotatable bonds is 7. The molecule has 0 aliphatic carbocycles. The number of hydrogen-bond donors (Lipinski definition) is 1. The van der Waals surface area contributed by atoms with E-state index in [0.29, 0.717) is 5.69 Å². The molecular weight excluding hydrogens is 370 g/mol. The van der Waals surface area contributed by atoms with Gasteiger partial charge in [-0.3, -0.25) is 19.7 Å². The van der Waals surface area contributed by atoms with E-state index in [0.717, 1.165) is 22.6 Å². The van der Waals surface area contributed by atoms with Gasteiger partial charge in [-0.2, -0.15) is 0 Å². The molecule has 10 heteroatoms. The second-order valence-corrected chi connectivity index (χ2v) is 6.05. The van der Waals surface area contributed by atoms with E-state index in [4.69, 9.17) is 9.15 Å². The van der Waals surface area contributed by atoms with E-state index >= 15 is 0 Å². The minimum absolute atomic E-state index is 0.249. The Morgan fingerprint density at radius 1 is 1.21 bits per heavy atom. The molecule has 2 aromatic rings. The topological polar surface area (TPSA) is 132 Å². The van der Waals surface area contributed by atoms with Crippen molar-refractivity contribution in [2.45, 2.75) is 20.0 Å². The lowest BCUT2D eigenvalue weighted by atomic mass is 10.2. The number of nitrogens with one attached hydrogen (secondary N) is 1. The van der Waals surface area contributed by atoms with Gasteiger partial charge in [-0.1, -0.05) is 17.7 Å². The summed E-state index contributed by atoms with van der Waals surface area (Å²) in [7, 11) is 1.39. The Bertz CT molecular complexity index is 889. The lowest BCUT2D eigenvalue weighted by molar-refractivity contribution is -0.402. The van der Waals surface area contributed by atoms with Crippen LogP contribution in [0.3, 0.4) is 0 Å². The van der Waals surface area contributed by atoms with Crippen LogP contribution in [0.15, 0.2) is 40.8 Å². The summed E-state index contributed by atoms with van der Waals surface area (Å²) in [5.74, 6) is -3.07. The van der Waals surface area contributed by atoms with Gasteiger partial charge in [-0.25, -0.2) is 4.79 Å². The maximum Gasteiger partial charge on any atom is 0.433 e. The second kappa shape index (κ2) is 8.80. The molecule has 0 bridgehead atoms. The van der Waals surface area contributed by atoms with E-state index in [2.05, 4.69) is 5.32 Å². The Morgan fingerprint density at radius 2 is 1.86 bits per heavy atom. The van der Waals surface area contributed by atoms with Gasteiger partial charge in [0.1, 0.15) is 4.92 Å². The third-order valence-corrected chi connectivity index (χ3v) is 3.70. The fourth-order valence-corrected chi connectivity index (χ4v) is 2.25. The smallest absolute Gasteiger partial charge is 0.433 e. The minimum atomic E-state index is -1.21. The summed E-state index contributed by atoms with van der Waals surface area (Å²) in [4.78, 5) is 47.1. The predicted octanol–water partition coefficient (Wildman–Crippen LogP) is 2.14. The van der Waals surface area contributed by atoms with E-state index in [9.17, 15) is 24.5 Å². The number of likely N-dealkylation sites (N-methyl/N-ethyl adjacent to an activating group) is 1. The number of nitro groups is 1. The summed E-state index contributed by atoms with van der Waals surface area (Å²) in [6.45, 7) is 2.99. The highest BCUT2D eigenvalue weighted by Gasteiger charge is 2.26. The number of carbonyl (C=O) groups is 3. The lowest BCUT2D eigenvalue weighted by Gasteiger charge is -2.20. The van der Waals surface area contributed by atoms with E-state index in [-0.39, 0.29) is 6.54 Å². The number of furan rings is 1. The quantitative estimate of drug-likeness (QED) is 0.436. The third-order valence-electron chi connectivity index (χ3n) is 3.70. The maximum atomic E-state index is 12.3. The summed E-state index contributed by atoms with van der Waals surface area (Å²) in [6, 6.07) is 9.24. The van der Waals surface area contributed by atoms with E-state index in [1.54, 1.807) is 12.1 Å². The monoisotopic (exact) mass is 389 g/mol. The predicted molar refractivity (Wildman–Crippen MR) is 97.7 cm³/mol. The van der Waals surface area contributed by atoms with Crippen LogP contribution in [-0.4, -0.2) is 47.3 Å². The molecular formula is C18H19N3O7. The normalized spacial score (nSPS) is 11.4. The highest BCUT2D eigenvalue weighted by molar-refractivity contribution is 5.95. The zero-order valence-corrected chi connectivity index (χ0v) is 15.5. The molecule has 1 N–H and O–H groups in total. The first-order valence-corrected chi connectivity index (χ1v) is 8.24. The molecule has 2 amide bonds. The average Bonchev–Trinajstić information content (AvgIpc) is 3.13. The van der Waals surface area contributed by atoms with Gasteiger partial charge in [0.25, 0.3) is 5.91 Å². The van der Waals surface area contributed by atoms with E-state index in [1.165, 1.54) is 14.0 Å². The van der Waals surface area contributed by atoms with Gasteiger partial charge in [0, 0.05) is 12.7 Å². The number of hydrogen-bond acceptors (Lipinski definition) is 7. The number of anilines is 1. The first-order chi connectivity index (χ1) is 13.2. The van der Waals surface area contributed by atoms with Gasteiger partial charge in [-0.05, 0) is 32.0 Å². The van der Waals surface area contributed by atoms with Gasteiger partial charge in [-0.15, -0.1) is 0 Å². The summed E-state index contributed by atoms with van der Waals surface area (Å²) >= 11 is 0. The van der Waals surface area contributed by atoms with Crippen LogP contribution >= 0.6 is 0 Å². The summed E-state index contributed by atoms with van der Waals surface area (Å²) in [6.07, 6.45) is -1.21. The van der Waals surface area contributed by atoms with Crippen LogP contribution in [0.4, 0.5) is 11.6 Å². The Kier molecular flexibility index (Phi) is 6.48. The molecule has 1 heterocycles. The zero-order valence-electron chi connectivity index (χ0n) is 15.5. The first kappa shape index (κ1) is 20.6. The molecule has 1 aromatic heterocycles. The van der Waals surface area contributed by atoms with E-state index < -0.39 is 40.5 Å². The number of ether oxygens (including phenoxy) is 1. The molecule has 148 valence electrons. The number of esters is 1. The second-order valence-electron chi connectivity index (χ2n) is 6.05. The van der Waals surface area contributed by atoms with Crippen LogP contribution in [0.1, 0.15) is 23.0 Å². The number of aryl methyl sites for hydroxylation is 1. The number of nitrogens with zero attached hydrogens (tertiary/aromatic N) is 2. The molecule has 0 fully saturated rings. The average molecular weight is 389 g/mol.